The van der Waals surface area contributed by atoms with Gasteiger partial charge in [0.25, 0.3) is 0 Å². The lowest BCUT2D eigenvalue weighted by Crippen LogP contribution is -2.29. The van der Waals surface area contributed by atoms with E-state index in [0.717, 1.165) is 17.5 Å². The van der Waals surface area contributed by atoms with Crippen LogP contribution in [0, 0.1) is 23.2 Å². The summed E-state index contributed by atoms with van der Waals surface area (Å²) in [4.78, 5) is 24.2. The van der Waals surface area contributed by atoms with Gasteiger partial charge in [-0.3, -0.25) is 14.8 Å². The van der Waals surface area contributed by atoms with E-state index in [1.165, 1.54) is 32.1 Å². The Labute approximate surface area is 279 Å². The molecule has 0 radical (unpaired) electrons. The zero-order valence-corrected chi connectivity index (χ0v) is 27.3. The third-order valence-electron chi connectivity index (χ3n) is 8.68. The minimum Gasteiger partial charge on any atom is -0.492 e. The van der Waals surface area contributed by atoms with Gasteiger partial charge in [-0.2, -0.15) is 5.26 Å². The van der Waals surface area contributed by atoms with Gasteiger partial charge in [0.15, 0.2) is 0 Å². The number of carbonyl (C=O) groups excluding carboxylic acids is 1. The van der Waals surface area contributed by atoms with Gasteiger partial charge in [0.1, 0.15) is 24.2 Å². The quantitative estimate of drug-likeness (QED) is 0.151. The Balaban J connectivity index is 1.16. The zero-order valence-electron chi connectivity index (χ0n) is 26.5. The number of aromatic nitrogens is 2. The van der Waals surface area contributed by atoms with Crippen LogP contribution in [0.2, 0.25) is 5.02 Å². The van der Waals surface area contributed by atoms with Crippen LogP contribution in [0.25, 0.3) is 10.9 Å². The summed E-state index contributed by atoms with van der Waals surface area (Å²) in [5.74, 6) is 2.28. The van der Waals surface area contributed by atoms with E-state index in [2.05, 4.69) is 43.9 Å². The number of nitrogens with zero attached hydrogens (tertiary/aromatic N) is 4. The molecule has 1 aliphatic carbocycles. The van der Waals surface area contributed by atoms with E-state index in [4.69, 9.17) is 21.1 Å². The van der Waals surface area contributed by atoms with E-state index < -0.39 is 0 Å². The molecule has 1 saturated carbocycles. The van der Waals surface area contributed by atoms with Crippen LogP contribution in [0.4, 0.5) is 17.1 Å². The molecule has 10 nitrogen and oxygen atoms in total. The second-order valence-electron chi connectivity index (χ2n) is 12.0. The highest BCUT2D eigenvalue weighted by molar-refractivity contribution is 6.32. The molecule has 3 N–H and O–H groups in total. The molecule has 6 rings (SSSR count). The van der Waals surface area contributed by atoms with E-state index >= 15 is 0 Å². The fourth-order valence-corrected chi connectivity index (χ4v) is 6.80. The predicted octanol–water partition coefficient (Wildman–Crippen LogP) is 6.30. The number of rotatable bonds is 12. The van der Waals surface area contributed by atoms with Gasteiger partial charge in [-0.25, -0.2) is 0 Å². The van der Waals surface area contributed by atoms with Gasteiger partial charge >= 0.3 is 0 Å². The molecular formula is C36H38ClN7O3. The third-order valence-corrected chi connectivity index (χ3v) is 8.97. The molecule has 0 spiro atoms. The number of hydrogen-bond acceptors (Lipinski definition) is 9. The SMILES string of the molecule is CCOc1cc2ncc(C#N)c(Nc3ccc(OCc4ccccn4)c(Cl)c3)c2cc1NC(=O)/C=C/CNC1C[C@@H]2CN(C)C[C@@H]2C1. The van der Waals surface area contributed by atoms with Crippen molar-refractivity contribution in [1.29, 1.82) is 5.26 Å². The van der Waals surface area contributed by atoms with Crippen LogP contribution in [-0.2, 0) is 11.4 Å². The summed E-state index contributed by atoms with van der Waals surface area (Å²) in [7, 11) is 2.20. The fourth-order valence-electron chi connectivity index (χ4n) is 6.56. The topological polar surface area (TPSA) is 124 Å². The second kappa shape index (κ2) is 14.8. The number of ether oxygens (including phenoxy) is 2. The molecular weight excluding hydrogens is 614 g/mol. The highest BCUT2D eigenvalue weighted by atomic mass is 35.5. The molecule has 242 valence electrons. The highest BCUT2D eigenvalue weighted by Crippen LogP contribution is 2.38. The summed E-state index contributed by atoms with van der Waals surface area (Å²) in [6.45, 7) is 5.55. The monoisotopic (exact) mass is 651 g/mol. The summed E-state index contributed by atoms with van der Waals surface area (Å²) < 4.78 is 11.7. The molecule has 47 heavy (non-hydrogen) atoms. The molecule has 11 heteroatoms. The lowest BCUT2D eigenvalue weighted by Gasteiger charge is -2.16. The number of nitrogens with one attached hydrogen (secondary N) is 3. The van der Waals surface area contributed by atoms with Crippen molar-refractivity contribution in [2.75, 3.05) is 43.9 Å². The van der Waals surface area contributed by atoms with Crippen LogP contribution in [0.15, 0.2) is 73.1 Å². The molecule has 0 bridgehead atoms. The summed E-state index contributed by atoms with van der Waals surface area (Å²) in [6.07, 6.45) is 8.99. The normalized spacial score (nSPS) is 19.1. The number of pyridine rings is 2. The van der Waals surface area contributed by atoms with Crippen LogP contribution in [0.3, 0.4) is 0 Å². The first-order valence-electron chi connectivity index (χ1n) is 15.9. The van der Waals surface area contributed by atoms with Gasteiger partial charge in [0.2, 0.25) is 5.91 Å². The molecule has 1 saturated heterocycles. The first-order valence-corrected chi connectivity index (χ1v) is 16.3. The van der Waals surface area contributed by atoms with Crippen molar-refractivity contribution < 1.29 is 14.3 Å². The number of likely N-dealkylation sites (tertiary alicyclic amines) is 1. The first kappa shape index (κ1) is 32.3. The van der Waals surface area contributed by atoms with Crippen molar-refractivity contribution in [3.8, 4) is 17.6 Å². The fraction of sp³-hybridized carbons (Fsp3) is 0.333. The van der Waals surface area contributed by atoms with Crippen molar-refractivity contribution in [3.63, 3.8) is 0 Å². The summed E-state index contributed by atoms with van der Waals surface area (Å²) in [6, 6.07) is 17.2. The Morgan fingerprint density at radius 2 is 1.94 bits per heavy atom. The first-order chi connectivity index (χ1) is 22.9. The largest absolute Gasteiger partial charge is 0.492 e. The third kappa shape index (κ3) is 7.83. The Morgan fingerprint density at radius 1 is 1.11 bits per heavy atom. The lowest BCUT2D eigenvalue weighted by molar-refractivity contribution is -0.111. The number of amides is 1. The number of nitriles is 1. The van der Waals surface area contributed by atoms with Crippen molar-refractivity contribution in [1.82, 2.24) is 20.2 Å². The minimum absolute atomic E-state index is 0.274. The molecule has 3 atom stereocenters. The number of fused-ring (bicyclic) bond motifs is 2. The predicted molar refractivity (Wildman–Crippen MR) is 184 cm³/mol. The maximum atomic E-state index is 13.0. The maximum Gasteiger partial charge on any atom is 0.248 e. The second-order valence-corrected chi connectivity index (χ2v) is 12.5. The Morgan fingerprint density at radius 3 is 2.66 bits per heavy atom. The van der Waals surface area contributed by atoms with E-state index in [-0.39, 0.29) is 12.5 Å². The van der Waals surface area contributed by atoms with E-state index in [1.807, 2.05) is 37.3 Å². The molecule has 3 heterocycles. The molecule has 2 aromatic carbocycles. The Kier molecular flexibility index (Phi) is 10.2. The Hall–Kier alpha value is -4.69. The van der Waals surface area contributed by atoms with Crippen LogP contribution < -0.4 is 25.4 Å². The zero-order chi connectivity index (χ0) is 32.8. The van der Waals surface area contributed by atoms with Gasteiger partial charge in [0, 0.05) is 61.3 Å². The smallest absolute Gasteiger partial charge is 0.248 e. The van der Waals surface area contributed by atoms with Crippen molar-refractivity contribution in [2.24, 2.45) is 11.8 Å². The van der Waals surface area contributed by atoms with Gasteiger partial charge in [-0.05, 0) is 75.0 Å². The number of benzene rings is 2. The van der Waals surface area contributed by atoms with E-state index in [0.29, 0.717) is 69.2 Å². The lowest BCUT2D eigenvalue weighted by atomic mass is 10.0. The average Bonchev–Trinajstić information content (AvgIpc) is 3.60. The van der Waals surface area contributed by atoms with Gasteiger partial charge < -0.3 is 30.3 Å². The summed E-state index contributed by atoms with van der Waals surface area (Å²) in [5, 5.41) is 20.9. The molecule has 2 aliphatic rings. The minimum atomic E-state index is -0.274. The van der Waals surface area contributed by atoms with Gasteiger partial charge in [-0.1, -0.05) is 23.7 Å². The number of halogens is 1. The maximum absolute atomic E-state index is 13.0. The van der Waals surface area contributed by atoms with Crippen molar-refractivity contribution in [3.05, 3.63) is 89.4 Å². The van der Waals surface area contributed by atoms with Crippen LogP contribution >= 0.6 is 11.6 Å². The van der Waals surface area contributed by atoms with Crippen LogP contribution in [-0.4, -0.2) is 60.1 Å². The molecule has 1 amide bonds. The molecule has 2 aromatic heterocycles. The summed E-state index contributed by atoms with van der Waals surface area (Å²) >= 11 is 6.57. The molecule has 1 unspecified atom stereocenters. The number of hydrogen-bond donors (Lipinski definition) is 3. The van der Waals surface area contributed by atoms with Gasteiger partial charge in [0.05, 0.1) is 39.8 Å². The Bertz CT molecular complexity index is 1800. The highest BCUT2D eigenvalue weighted by Gasteiger charge is 2.39. The number of anilines is 3. The summed E-state index contributed by atoms with van der Waals surface area (Å²) in [5.41, 5.74) is 3.37. The number of carbonyl (C=O) groups is 1. The van der Waals surface area contributed by atoms with Crippen molar-refractivity contribution >= 4 is 45.5 Å². The average molecular weight is 652 g/mol. The standard InChI is InChI=1S/C36H38ClN7O3/c1-3-46-34-17-31-29(16-32(34)43-35(45)8-6-12-40-28-13-23-20-44(2)21-24(23)14-28)36(25(18-38)19-41-31)42-26-9-10-33(30(37)15-26)47-22-27-7-4-5-11-39-27/h4-11,15-17,19,23-24,28,40H,3,12-14,20-22H2,1-2H3,(H,41,42)(H,43,45)/b8-6+/t23-,24+,28?. The van der Waals surface area contributed by atoms with Gasteiger partial charge in [-0.15, -0.1) is 0 Å². The van der Waals surface area contributed by atoms with Crippen LogP contribution in [0.5, 0.6) is 11.5 Å². The van der Waals surface area contributed by atoms with E-state index in [1.54, 1.807) is 36.5 Å². The molecule has 1 aliphatic heterocycles. The van der Waals surface area contributed by atoms with E-state index in [9.17, 15) is 10.1 Å². The molecule has 2 fully saturated rings. The van der Waals surface area contributed by atoms with Crippen molar-refractivity contribution in [2.45, 2.75) is 32.4 Å². The molecule has 4 aromatic rings. The van der Waals surface area contributed by atoms with Crippen LogP contribution in [0.1, 0.15) is 31.0 Å².